The van der Waals surface area contributed by atoms with Gasteiger partial charge < -0.3 is 10.8 Å². The van der Waals surface area contributed by atoms with Crippen molar-refractivity contribution in [3.63, 3.8) is 0 Å². The fourth-order valence-electron chi connectivity index (χ4n) is 1.66. The first-order valence-electron chi connectivity index (χ1n) is 5.75. The highest BCUT2D eigenvalue weighted by Crippen LogP contribution is 2.25. The molecule has 7 heteroatoms. The van der Waals surface area contributed by atoms with Crippen molar-refractivity contribution in [3.8, 4) is 16.9 Å². The van der Waals surface area contributed by atoms with Crippen molar-refractivity contribution in [2.45, 2.75) is 0 Å². The molecule has 0 saturated heterocycles. The third-order valence-electron chi connectivity index (χ3n) is 2.56. The Morgan fingerprint density at radius 3 is 2.65 bits per heavy atom. The number of pyridine rings is 1. The standard InChI is InChI=1S/C13H14FN5O/c1-19(16)18-13(15)12-5-2-8(7-17-12)10-4-3-9(20)6-11(10)14/h2-7,20H,16H2,1H3,(H2,15,18). The number of nitrogens with zero attached hydrogens (tertiary/aromatic N) is 3. The molecule has 6 nitrogen and oxygen atoms in total. The summed E-state index contributed by atoms with van der Waals surface area (Å²) < 4.78 is 13.7. The molecular formula is C13H14FN5O. The largest absolute Gasteiger partial charge is 0.508 e. The second-order valence-electron chi connectivity index (χ2n) is 4.16. The SMILES string of the molecule is CN(N)/N=C(\N)c1ccc(-c2ccc(O)cc2F)cn1. The van der Waals surface area contributed by atoms with E-state index in [1.807, 2.05) is 0 Å². The van der Waals surface area contributed by atoms with Crippen molar-refractivity contribution in [1.82, 2.24) is 10.1 Å². The minimum absolute atomic E-state index is 0.127. The van der Waals surface area contributed by atoms with Crippen LogP contribution in [0.15, 0.2) is 41.6 Å². The quantitative estimate of drug-likeness (QED) is 0.336. The minimum atomic E-state index is -0.525. The highest BCUT2D eigenvalue weighted by atomic mass is 19.1. The van der Waals surface area contributed by atoms with Crippen LogP contribution in [0.25, 0.3) is 11.1 Å². The Morgan fingerprint density at radius 2 is 2.10 bits per heavy atom. The van der Waals surface area contributed by atoms with Crippen molar-refractivity contribution in [2.24, 2.45) is 16.7 Å². The number of aromatic hydroxyl groups is 1. The van der Waals surface area contributed by atoms with E-state index in [-0.39, 0.29) is 11.6 Å². The van der Waals surface area contributed by atoms with Crippen LogP contribution in [0.1, 0.15) is 5.69 Å². The molecule has 1 heterocycles. The number of hydrazone groups is 1. The molecule has 0 spiro atoms. The summed E-state index contributed by atoms with van der Waals surface area (Å²) in [4.78, 5) is 4.10. The average molecular weight is 275 g/mol. The van der Waals surface area contributed by atoms with Gasteiger partial charge in [-0.15, -0.1) is 5.10 Å². The molecule has 0 saturated carbocycles. The number of hydrogen-bond acceptors (Lipinski definition) is 5. The zero-order valence-corrected chi connectivity index (χ0v) is 10.8. The number of phenolic OH excluding ortho intramolecular Hbond substituents is 1. The molecule has 5 N–H and O–H groups in total. The summed E-state index contributed by atoms with van der Waals surface area (Å²) in [5, 5.41) is 14.1. The highest BCUT2D eigenvalue weighted by molar-refractivity contribution is 5.95. The van der Waals surface area contributed by atoms with Crippen LogP contribution in [0.2, 0.25) is 0 Å². The van der Waals surface area contributed by atoms with Gasteiger partial charge in [-0.2, -0.15) is 0 Å². The van der Waals surface area contributed by atoms with Gasteiger partial charge in [0.15, 0.2) is 5.84 Å². The Kier molecular flexibility index (Phi) is 3.81. The van der Waals surface area contributed by atoms with Crippen LogP contribution >= 0.6 is 0 Å². The monoisotopic (exact) mass is 275 g/mol. The Hall–Kier alpha value is -2.67. The Bertz CT molecular complexity index is 640. The molecule has 0 aliphatic heterocycles. The van der Waals surface area contributed by atoms with Gasteiger partial charge in [0.2, 0.25) is 0 Å². The molecule has 0 radical (unpaired) electrons. The topological polar surface area (TPSA) is 101 Å². The summed E-state index contributed by atoms with van der Waals surface area (Å²) in [7, 11) is 1.53. The zero-order chi connectivity index (χ0) is 14.7. The van der Waals surface area contributed by atoms with Crippen LogP contribution in [0.3, 0.4) is 0 Å². The van der Waals surface area contributed by atoms with Gasteiger partial charge in [0.1, 0.15) is 17.3 Å². The van der Waals surface area contributed by atoms with Crippen molar-refractivity contribution < 1.29 is 9.50 Å². The molecule has 1 aromatic carbocycles. The van der Waals surface area contributed by atoms with Gasteiger partial charge in [-0.05, 0) is 18.2 Å². The number of aromatic nitrogens is 1. The van der Waals surface area contributed by atoms with E-state index in [0.29, 0.717) is 16.8 Å². The maximum absolute atomic E-state index is 13.7. The number of amidine groups is 1. The second kappa shape index (κ2) is 5.54. The van der Waals surface area contributed by atoms with E-state index in [1.54, 1.807) is 12.1 Å². The Balaban J connectivity index is 2.33. The number of hydrogen-bond donors (Lipinski definition) is 3. The maximum Gasteiger partial charge on any atom is 0.171 e. The van der Waals surface area contributed by atoms with Gasteiger partial charge >= 0.3 is 0 Å². The normalized spacial score (nSPS) is 11.4. The molecule has 0 aliphatic carbocycles. The van der Waals surface area contributed by atoms with E-state index < -0.39 is 5.82 Å². The lowest BCUT2D eigenvalue weighted by molar-refractivity contribution is 0.371. The third kappa shape index (κ3) is 3.01. The van der Waals surface area contributed by atoms with Gasteiger partial charge in [0.25, 0.3) is 0 Å². The summed E-state index contributed by atoms with van der Waals surface area (Å²) >= 11 is 0. The Labute approximate surface area is 115 Å². The van der Waals surface area contributed by atoms with Crippen molar-refractivity contribution in [1.29, 1.82) is 0 Å². The fourth-order valence-corrected chi connectivity index (χ4v) is 1.66. The lowest BCUT2D eigenvalue weighted by atomic mass is 10.1. The smallest absolute Gasteiger partial charge is 0.171 e. The Morgan fingerprint density at radius 1 is 1.35 bits per heavy atom. The summed E-state index contributed by atoms with van der Waals surface area (Å²) in [6.07, 6.45) is 1.48. The number of phenols is 1. The summed E-state index contributed by atoms with van der Waals surface area (Å²) in [5.41, 5.74) is 7.04. The van der Waals surface area contributed by atoms with E-state index in [9.17, 15) is 9.50 Å². The minimum Gasteiger partial charge on any atom is -0.508 e. The number of hydrazine groups is 1. The molecule has 0 bridgehead atoms. The lowest BCUT2D eigenvalue weighted by Gasteiger charge is -2.07. The van der Waals surface area contributed by atoms with Crippen LogP contribution < -0.4 is 11.6 Å². The van der Waals surface area contributed by atoms with Crippen LogP contribution in [-0.4, -0.2) is 28.1 Å². The first-order valence-corrected chi connectivity index (χ1v) is 5.75. The molecule has 0 amide bonds. The van der Waals surface area contributed by atoms with E-state index in [1.165, 1.54) is 25.4 Å². The maximum atomic E-state index is 13.7. The summed E-state index contributed by atoms with van der Waals surface area (Å²) in [6.45, 7) is 0. The number of benzene rings is 1. The van der Waals surface area contributed by atoms with Crippen molar-refractivity contribution in [2.75, 3.05) is 7.05 Å². The van der Waals surface area contributed by atoms with Gasteiger partial charge in [0, 0.05) is 30.4 Å². The lowest BCUT2D eigenvalue weighted by Crippen LogP contribution is -2.26. The van der Waals surface area contributed by atoms with E-state index in [4.69, 9.17) is 11.6 Å². The number of nitrogens with two attached hydrogens (primary N) is 2. The first kappa shape index (κ1) is 13.8. The highest BCUT2D eigenvalue weighted by Gasteiger charge is 2.08. The van der Waals surface area contributed by atoms with Gasteiger partial charge in [-0.3, -0.25) is 4.98 Å². The van der Waals surface area contributed by atoms with Gasteiger partial charge in [0.05, 0.1) is 0 Å². The molecule has 20 heavy (non-hydrogen) atoms. The first-order chi connectivity index (χ1) is 9.47. The number of halogens is 1. The predicted molar refractivity (Wildman–Crippen MR) is 74.0 cm³/mol. The molecule has 2 aromatic rings. The molecular weight excluding hydrogens is 261 g/mol. The van der Waals surface area contributed by atoms with Crippen LogP contribution in [0.4, 0.5) is 4.39 Å². The molecule has 104 valence electrons. The van der Waals surface area contributed by atoms with E-state index in [2.05, 4.69) is 10.1 Å². The van der Waals surface area contributed by atoms with Crippen LogP contribution in [0, 0.1) is 5.82 Å². The molecule has 0 aliphatic rings. The fraction of sp³-hybridized carbons (Fsp3) is 0.0769. The zero-order valence-electron chi connectivity index (χ0n) is 10.8. The second-order valence-corrected chi connectivity index (χ2v) is 4.16. The van der Waals surface area contributed by atoms with Gasteiger partial charge in [-0.1, -0.05) is 6.07 Å². The average Bonchev–Trinajstić information content (AvgIpc) is 2.38. The van der Waals surface area contributed by atoms with Crippen molar-refractivity contribution in [3.05, 3.63) is 48.0 Å². The summed E-state index contributed by atoms with van der Waals surface area (Å²) in [5.74, 6) is 4.86. The summed E-state index contributed by atoms with van der Waals surface area (Å²) in [6, 6.07) is 7.21. The van der Waals surface area contributed by atoms with E-state index >= 15 is 0 Å². The molecule has 1 aromatic heterocycles. The molecule has 2 rings (SSSR count). The molecule has 0 atom stereocenters. The predicted octanol–water partition coefficient (Wildman–Crippen LogP) is 1.02. The van der Waals surface area contributed by atoms with Crippen molar-refractivity contribution >= 4 is 5.84 Å². The van der Waals surface area contributed by atoms with Crippen LogP contribution in [0.5, 0.6) is 5.75 Å². The van der Waals surface area contributed by atoms with Gasteiger partial charge in [-0.25, -0.2) is 15.4 Å². The third-order valence-corrected chi connectivity index (χ3v) is 2.56. The van der Waals surface area contributed by atoms with Crippen LogP contribution in [-0.2, 0) is 0 Å². The number of rotatable bonds is 3. The molecule has 0 unspecified atom stereocenters. The molecule has 0 fully saturated rings. The van der Waals surface area contributed by atoms with E-state index in [0.717, 1.165) is 11.2 Å².